The lowest BCUT2D eigenvalue weighted by Gasteiger charge is -2.15. The van der Waals surface area contributed by atoms with E-state index < -0.39 is 24.7 Å². The van der Waals surface area contributed by atoms with E-state index in [0.717, 1.165) is 5.56 Å². The third-order valence-corrected chi connectivity index (χ3v) is 2.71. The highest BCUT2D eigenvalue weighted by atomic mass is 19.4. The van der Waals surface area contributed by atoms with E-state index in [9.17, 15) is 18.0 Å². The number of carbonyl (C=O) groups is 1. The number of aliphatic hydroxyl groups is 1. The molecular formula is C13H16F3NO3. The number of alkyl halides is 3. The van der Waals surface area contributed by atoms with Gasteiger partial charge in [0.15, 0.2) is 6.10 Å². The zero-order valence-corrected chi connectivity index (χ0v) is 11.1. The quantitative estimate of drug-likeness (QED) is 0.866. The summed E-state index contributed by atoms with van der Waals surface area (Å²) < 4.78 is 41.2. The third kappa shape index (κ3) is 4.73. The monoisotopic (exact) mass is 291 g/mol. The number of ether oxygens (including phenoxy) is 1. The third-order valence-electron chi connectivity index (χ3n) is 2.71. The molecule has 0 radical (unpaired) electrons. The van der Waals surface area contributed by atoms with Crippen molar-refractivity contribution in [2.45, 2.75) is 25.6 Å². The van der Waals surface area contributed by atoms with Gasteiger partial charge in [0.25, 0.3) is 0 Å². The number of amides is 1. The number of halogens is 3. The summed E-state index contributed by atoms with van der Waals surface area (Å²) in [5.74, 6) is 0.00447. The SMILES string of the molecule is COc1cc(CC(=O)NCC(O)C(F)(F)F)ccc1C. The summed E-state index contributed by atoms with van der Waals surface area (Å²) in [6, 6.07) is 5.10. The van der Waals surface area contributed by atoms with Gasteiger partial charge in [-0.3, -0.25) is 4.79 Å². The standard InChI is InChI=1S/C13H16F3NO3/c1-8-3-4-9(5-10(8)20-2)6-12(19)17-7-11(18)13(14,15)16/h3-5,11,18H,6-7H2,1-2H3,(H,17,19). The van der Waals surface area contributed by atoms with Gasteiger partial charge in [0.05, 0.1) is 20.1 Å². The highest BCUT2D eigenvalue weighted by Crippen LogP contribution is 2.20. The average Bonchev–Trinajstić information content (AvgIpc) is 2.37. The smallest absolute Gasteiger partial charge is 0.416 e. The Balaban J connectivity index is 2.55. The van der Waals surface area contributed by atoms with Gasteiger partial charge in [0, 0.05) is 0 Å². The van der Waals surface area contributed by atoms with E-state index in [4.69, 9.17) is 9.84 Å². The van der Waals surface area contributed by atoms with Crippen LogP contribution in [0.25, 0.3) is 0 Å². The first-order chi connectivity index (χ1) is 9.24. The minimum Gasteiger partial charge on any atom is -0.496 e. The van der Waals surface area contributed by atoms with Crippen LogP contribution < -0.4 is 10.1 Å². The predicted molar refractivity (Wildman–Crippen MR) is 66.5 cm³/mol. The largest absolute Gasteiger partial charge is 0.496 e. The van der Waals surface area contributed by atoms with Crippen molar-refractivity contribution in [3.63, 3.8) is 0 Å². The second kappa shape index (κ2) is 6.60. The van der Waals surface area contributed by atoms with Crippen LogP contribution in [0.3, 0.4) is 0 Å². The van der Waals surface area contributed by atoms with E-state index in [1.165, 1.54) is 7.11 Å². The minimum absolute atomic E-state index is 0.0821. The Morgan fingerprint density at radius 1 is 1.45 bits per heavy atom. The lowest BCUT2D eigenvalue weighted by atomic mass is 10.1. The molecule has 1 rings (SSSR count). The maximum atomic E-state index is 12.1. The predicted octanol–water partition coefficient (Wildman–Crippen LogP) is 1.59. The molecule has 0 fully saturated rings. The highest BCUT2D eigenvalue weighted by molar-refractivity contribution is 5.78. The molecule has 4 nitrogen and oxygen atoms in total. The van der Waals surface area contributed by atoms with Crippen LogP contribution in [0, 0.1) is 6.92 Å². The summed E-state index contributed by atoms with van der Waals surface area (Å²) in [5, 5.41) is 10.8. The first-order valence-corrected chi connectivity index (χ1v) is 5.89. The summed E-state index contributed by atoms with van der Waals surface area (Å²) in [4.78, 5) is 11.5. The first-order valence-electron chi connectivity index (χ1n) is 5.89. The van der Waals surface area contributed by atoms with Crippen LogP contribution in [-0.4, -0.2) is 36.9 Å². The number of aliphatic hydroxyl groups excluding tert-OH is 1. The molecule has 0 aliphatic rings. The van der Waals surface area contributed by atoms with Gasteiger partial charge in [-0.15, -0.1) is 0 Å². The Labute approximate surface area is 114 Å². The van der Waals surface area contributed by atoms with Gasteiger partial charge in [-0.1, -0.05) is 12.1 Å². The number of hydrogen-bond donors (Lipinski definition) is 2. The van der Waals surface area contributed by atoms with Crippen molar-refractivity contribution in [2.75, 3.05) is 13.7 Å². The van der Waals surface area contributed by atoms with Crippen LogP contribution in [0.15, 0.2) is 18.2 Å². The number of nitrogens with one attached hydrogen (secondary N) is 1. The van der Waals surface area contributed by atoms with Gasteiger partial charge in [-0.05, 0) is 24.1 Å². The molecule has 0 aliphatic carbocycles. The summed E-state index contributed by atoms with van der Waals surface area (Å²) in [5.41, 5.74) is 1.51. The Morgan fingerprint density at radius 3 is 2.65 bits per heavy atom. The van der Waals surface area contributed by atoms with E-state index in [2.05, 4.69) is 0 Å². The Bertz CT molecular complexity index is 474. The maximum Gasteiger partial charge on any atom is 0.416 e. The van der Waals surface area contributed by atoms with Crippen molar-refractivity contribution in [1.29, 1.82) is 0 Å². The van der Waals surface area contributed by atoms with Gasteiger partial charge < -0.3 is 15.2 Å². The molecule has 20 heavy (non-hydrogen) atoms. The zero-order valence-electron chi connectivity index (χ0n) is 11.1. The average molecular weight is 291 g/mol. The molecule has 1 amide bonds. The normalized spacial score (nSPS) is 12.9. The number of rotatable bonds is 5. The number of benzene rings is 1. The van der Waals surface area contributed by atoms with Crippen LogP contribution in [0.4, 0.5) is 13.2 Å². The molecule has 0 bridgehead atoms. The Hall–Kier alpha value is -1.76. The summed E-state index contributed by atoms with van der Waals surface area (Å²) in [6.07, 6.45) is -7.37. The van der Waals surface area contributed by atoms with Gasteiger partial charge in [-0.25, -0.2) is 0 Å². The molecular weight excluding hydrogens is 275 g/mol. The fourth-order valence-electron chi connectivity index (χ4n) is 1.55. The van der Waals surface area contributed by atoms with Crippen LogP contribution in [-0.2, 0) is 11.2 Å². The van der Waals surface area contributed by atoms with Gasteiger partial charge >= 0.3 is 6.18 Å². The van der Waals surface area contributed by atoms with Crippen LogP contribution >= 0.6 is 0 Å². The van der Waals surface area contributed by atoms with Crippen molar-refractivity contribution in [3.05, 3.63) is 29.3 Å². The van der Waals surface area contributed by atoms with E-state index in [0.29, 0.717) is 11.3 Å². The molecule has 0 heterocycles. The number of carbonyl (C=O) groups excluding carboxylic acids is 1. The van der Waals surface area contributed by atoms with Crippen LogP contribution in [0.1, 0.15) is 11.1 Å². The first kappa shape index (κ1) is 16.3. The fourth-order valence-corrected chi connectivity index (χ4v) is 1.55. The van der Waals surface area contributed by atoms with Crippen molar-refractivity contribution in [2.24, 2.45) is 0 Å². The minimum atomic E-state index is -4.74. The lowest BCUT2D eigenvalue weighted by Crippen LogP contribution is -2.41. The van der Waals surface area contributed by atoms with Crippen molar-refractivity contribution < 1.29 is 27.8 Å². The molecule has 1 atom stereocenters. The van der Waals surface area contributed by atoms with Crippen molar-refractivity contribution in [1.82, 2.24) is 5.32 Å². The Kier molecular flexibility index (Phi) is 5.38. The molecule has 0 saturated heterocycles. The Morgan fingerprint density at radius 2 is 2.10 bits per heavy atom. The number of hydrogen-bond acceptors (Lipinski definition) is 3. The molecule has 0 spiro atoms. The van der Waals surface area contributed by atoms with Crippen LogP contribution in [0.2, 0.25) is 0 Å². The molecule has 1 unspecified atom stereocenters. The second-order valence-corrected chi connectivity index (χ2v) is 4.34. The van der Waals surface area contributed by atoms with Gasteiger partial charge in [-0.2, -0.15) is 13.2 Å². The molecule has 112 valence electrons. The van der Waals surface area contributed by atoms with Gasteiger partial charge in [0.2, 0.25) is 5.91 Å². The van der Waals surface area contributed by atoms with Crippen LogP contribution in [0.5, 0.6) is 5.75 Å². The summed E-state index contributed by atoms with van der Waals surface area (Å²) in [6.45, 7) is 0.980. The molecule has 0 aromatic heterocycles. The zero-order chi connectivity index (χ0) is 15.3. The molecule has 0 saturated carbocycles. The van der Waals surface area contributed by atoms with Crippen molar-refractivity contribution >= 4 is 5.91 Å². The second-order valence-electron chi connectivity index (χ2n) is 4.34. The highest BCUT2D eigenvalue weighted by Gasteiger charge is 2.38. The molecule has 7 heteroatoms. The van der Waals surface area contributed by atoms with E-state index in [1.807, 2.05) is 12.2 Å². The van der Waals surface area contributed by atoms with E-state index >= 15 is 0 Å². The summed E-state index contributed by atoms with van der Waals surface area (Å²) in [7, 11) is 1.49. The lowest BCUT2D eigenvalue weighted by molar-refractivity contribution is -0.201. The van der Waals surface area contributed by atoms with E-state index in [-0.39, 0.29) is 6.42 Å². The maximum absolute atomic E-state index is 12.1. The van der Waals surface area contributed by atoms with E-state index in [1.54, 1.807) is 18.2 Å². The summed E-state index contributed by atoms with van der Waals surface area (Å²) >= 11 is 0. The molecule has 0 aliphatic heterocycles. The van der Waals surface area contributed by atoms with Gasteiger partial charge in [0.1, 0.15) is 5.75 Å². The number of methoxy groups -OCH3 is 1. The molecule has 2 N–H and O–H groups in total. The molecule has 1 aromatic carbocycles. The molecule has 1 aromatic rings. The number of aryl methyl sites for hydroxylation is 1. The topological polar surface area (TPSA) is 58.6 Å². The van der Waals surface area contributed by atoms with Crippen molar-refractivity contribution in [3.8, 4) is 5.75 Å². The fraction of sp³-hybridized carbons (Fsp3) is 0.462.